The van der Waals surface area contributed by atoms with Gasteiger partial charge in [0, 0.05) is 12.1 Å². The number of nitrogens with two attached hydrogens (primary N) is 1. The lowest BCUT2D eigenvalue weighted by Gasteiger charge is -2.31. The third-order valence-electron chi connectivity index (χ3n) is 3.09. The number of amides is 1. The smallest absolute Gasteiger partial charge is 0.253 e. The monoisotopic (exact) mass is 282 g/mol. The van der Waals surface area contributed by atoms with Gasteiger partial charge in [0.15, 0.2) is 0 Å². The average molecular weight is 283 g/mol. The van der Waals surface area contributed by atoms with Gasteiger partial charge in [0.25, 0.3) is 5.91 Å². The first kappa shape index (κ1) is 16.0. The summed E-state index contributed by atoms with van der Waals surface area (Å²) in [5.41, 5.74) is 6.92. The molecule has 3 N–H and O–H groups in total. The van der Waals surface area contributed by atoms with Crippen LogP contribution in [0, 0.1) is 12.8 Å². The lowest BCUT2D eigenvalue weighted by Crippen LogP contribution is -2.52. The normalized spacial score (nSPS) is 14.3. The molecule has 1 atom stereocenters. The summed E-state index contributed by atoms with van der Waals surface area (Å²) in [7, 11) is 0. The van der Waals surface area contributed by atoms with Crippen LogP contribution >= 0.6 is 11.6 Å². The van der Waals surface area contributed by atoms with Gasteiger partial charge in [0.2, 0.25) is 0 Å². The van der Waals surface area contributed by atoms with Crippen molar-refractivity contribution in [3.8, 4) is 0 Å². The third-order valence-corrected chi connectivity index (χ3v) is 3.41. The summed E-state index contributed by atoms with van der Waals surface area (Å²) < 4.78 is 0. The van der Waals surface area contributed by atoms with E-state index in [-0.39, 0.29) is 5.91 Å². The molecule has 106 valence electrons. The minimum atomic E-state index is -0.403. The molecule has 0 aliphatic carbocycles. The molecule has 1 aromatic carbocycles. The van der Waals surface area contributed by atoms with Crippen LogP contribution in [0.1, 0.15) is 43.1 Å². The summed E-state index contributed by atoms with van der Waals surface area (Å²) in [6.07, 6.45) is 0.832. The predicted octanol–water partition coefficient (Wildman–Crippen LogP) is 3.14. The number of hydrogen-bond donors (Lipinski definition) is 2. The molecule has 1 aromatic rings. The molecule has 0 heterocycles. The Bertz CT molecular complexity index is 459. The summed E-state index contributed by atoms with van der Waals surface area (Å²) in [4.78, 5) is 12.3. The van der Waals surface area contributed by atoms with E-state index in [1.165, 1.54) is 0 Å². The van der Waals surface area contributed by atoms with Gasteiger partial charge >= 0.3 is 0 Å². The van der Waals surface area contributed by atoms with Crippen LogP contribution < -0.4 is 11.1 Å². The molecule has 1 amide bonds. The molecule has 1 unspecified atom stereocenters. The molecule has 0 spiro atoms. The first-order chi connectivity index (χ1) is 8.77. The molecular weight excluding hydrogens is 260 g/mol. The van der Waals surface area contributed by atoms with E-state index in [1.54, 1.807) is 12.1 Å². The van der Waals surface area contributed by atoms with Crippen molar-refractivity contribution in [1.82, 2.24) is 5.32 Å². The summed E-state index contributed by atoms with van der Waals surface area (Å²) in [5, 5.41) is 3.48. The van der Waals surface area contributed by atoms with Crippen LogP contribution in [0.5, 0.6) is 0 Å². The maximum absolute atomic E-state index is 12.3. The molecule has 0 saturated carbocycles. The number of halogens is 1. The number of carbonyl (C=O) groups is 1. The molecule has 0 radical (unpaired) electrons. The minimum absolute atomic E-state index is 0.168. The zero-order valence-electron chi connectivity index (χ0n) is 12.1. The third kappa shape index (κ3) is 4.51. The summed E-state index contributed by atoms with van der Waals surface area (Å²) in [6, 6.07) is 5.42. The standard InChI is InChI=1S/C15H23ClN2O/c1-10(2)8-15(4,9-17)18-14(19)12-6-5-11(3)7-13(12)16/h5-7,10H,8-9,17H2,1-4H3,(H,18,19). The second-order valence-electron chi connectivity index (χ2n) is 5.80. The van der Waals surface area contributed by atoms with Gasteiger partial charge in [-0.05, 0) is 43.9 Å². The van der Waals surface area contributed by atoms with E-state index < -0.39 is 5.54 Å². The maximum Gasteiger partial charge on any atom is 0.253 e. The van der Waals surface area contributed by atoms with E-state index in [4.69, 9.17) is 17.3 Å². The largest absolute Gasteiger partial charge is 0.346 e. The van der Waals surface area contributed by atoms with Crippen molar-refractivity contribution in [2.24, 2.45) is 11.7 Å². The number of carbonyl (C=O) groups excluding carboxylic acids is 1. The fraction of sp³-hybridized carbons (Fsp3) is 0.533. The molecule has 3 nitrogen and oxygen atoms in total. The highest BCUT2D eigenvalue weighted by atomic mass is 35.5. The van der Waals surface area contributed by atoms with Crippen molar-refractivity contribution >= 4 is 17.5 Å². The van der Waals surface area contributed by atoms with Crippen LogP contribution in [0.3, 0.4) is 0 Å². The van der Waals surface area contributed by atoms with Crippen LogP contribution in [0.2, 0.25) is 5.02 Å². The highest BCUT2D eigenvalue weighted by Gasteiger charge is 2.27. The molecule has 0 aromatic heterocycles. The lowest BCUT2D eigenvalue weighted by atomic mass is 9.90. The molecule has 0 fully saturated rings. The Hall–Kier alpha value is -1.06. The van der Waals surface area contributed by atoms with E-state index >= 15 is 0 Å². The SMILES string of the molecule is Cc1ccc(C(=O)NC(C)(CN)CC(C)C)c(Cl)c1. The van der Waals surface area contributed by atoms with E-state index in [0.717, 1.165) is 12.0 Å². The molecule has 0 aliphatic rings. The van der Waals surface area contributed by atoms with Crippen molar-refractivity contribution in [3.63, 3.8) is 0 Å². The topological polar surface area (TPSA) is 55.1 Å². The van der Waals surface area contributed by atoms with Crippen molar-refractivity contribution in [1.29, 1.82) is 0 Å². The van der Waals surface area contributed by atoms with Gasteiger partial charge in [0.05, 0.1) is 10.6 Å². The highest BCUT2D eigenvalue weighted by molar-refractivity contribution is 6.33. The number of nitrogens with one attached hydrogen (secondary N) is 1. The molecule has 0 bridgehead atoms. The molecule has 4 heteroatoms. The minimum Gasteiger partial charge on any atom is -0.346 e. The Morgan fingerprint density at radius 1 is 1.47 bits per heavy atom. The van der Waals surface area contributed by atoms with Crippen molar-refractivity contribution in [2.75, 3.05) is 6.54 Å². The molecule has 0 aliphatic heterocycles. The quantitative estimate of drug-likeness (QED) is 0.872. The Balaban J connectivity index is 2.88. The highest BCUT2D eigenvalue weighted by Crippen LogP contribution is 2.20. The van der Waals surface area contributed by atoms with Gasteiger partial charge < -0.3 is 11.1 Å². The van der Waals surface area contributed by atoms with Gasteiger partial charge in [-0.2, -0.15) is 0 Å². The van der Waals surface area contributed by atoms with Crippen LogP contribution in [-0.2, 0) is 0 Å². The number of rotatable bonds is 5. The Kier molecular flexibility index (Phi) is 5.39. The van der Waals surface area contributed by atoms with E-state index in [0.29, 0.717) is 23.0 Å². The van der Waals surface area contributed by atoms with Crippen molar-refractivity contribution < 1.29 is 4.79 Å². The second kappa shape index (κ2) is 6.40. The van der Waals surface area contributed by atoms with E-state index in [9.17, 15) is 4.79 Å². The molecule has 19 heavy (non-hydrogen) atoms. The number of hydrogen-bond acceptors (Lipinski definition) is 2. The van der Waals surface area contributed by atoms with Gasteiger partial charge in [-0.3, -0.25) is 4.79 Å². The van der Waals surface area contributed by atoms with Crippen molar-refractivity contribution in [3.05, 3.63) is 34.3 Å². The Labute approximate surface area is 120 Å². The van der Waals surface area contributed by atoms with Crippen LogP contribution in [0.4, 0.5) is 0 Å². The molecule has 0 saturated heterocycles. The Morgan fingerprint density at radius 3 is 2.58 bits per heavy atom. The predicted molar refractivity (Wildman–Crippen MR) is 80.6 cm³/mol. The number of aryl methyl sites for hydroxylation is 1. The zero-order chi connectivity index (χ0) is 14.6. The van der Waals surface area contributed by atoms with Gasteiger partial charge in [-0.15, -0.1) is 0 Å². The average Bonchev–Trinajstić information content (AvgIpc) is 2.27. The fourth-order valence-electron chi connectivity index (χ4n) is 2.23. The number of benzene rings is 1. The van der Waals surface area contributed by atoms with Crippen LogP contribution in [0.15, 0.2) is 18.2 Å². The maximum atomic E-state index is 12.3. The van der Waals surface area contributed by atoms with E-state index in [1.807, 2.05) is 19.9 Å². The van der Waals surface area contributed by atoms with Crippen LogP contribution in [0.25, 0.3) is 0 Å². The molecular formula is C15H23ClN2O. The summed E-state index contributed by atoms with van der Waals surface area (Å²) in [6.45, 7) is 8.53. The lowest BCUT2D eigenvalue weighted by molar-refractivity contribution is 0.0898. The zero-order valence-corrected chi connectivity index (χ0v) is 12.8. The summed E-state index contributed by atoms with van der Waals surface area (Å²) >= 11 is 6.11. The van der Waals surface area contributed by atoms with Gasteiger partial charge in [-0.1, -0.05) is 31.5 Å². The van der Waals surface area contributed by atoms with Gasteiger partial charge in [0.1, 0.15) is 0 Å². The summed E-state index contributed by atoms with van der Waals surface area (Å²) in [5.74, 6) is 0.293. The Morgan fingerprint density at radius 2 is 2.11 bits per heavy atom. The van der Waals surface area contributed by atoms with E-state index in [2.05, 4.69) is 19.2 Å². The second-order valence-corrected chi connectivity index (χ2v) is 6.21. The van der Waals surface area contributed by atoms with Crippen LogP contribution in [-0.4, -0.2) is 18.0 Å². The first-order valence-electron chi connectivity index (χ1n) is 6.56. The van der Waals surface area contributed by atoms with Crippen molar-refractivity contribution in [2.45, 2.75) is 39.7 Å². The fourth-order valence-corrected chi connectivity index (χ4v) is 2.55. The molecule has 1 rings (SSSR count). The first-order valence-corrected chi connectivity index (χ1v) is 6.94. The van der Waals surface area contributed by atoms with Gasteiger partial charge in [-0.25, -0.2) is 0 Å².